The number of hydrogen-bond acceptors (Lipinski definition) is 3. The van der Waals surface area contributed by atoms with Crippen LogP contribution in [0.5, 0.6) is 0 Å². The summed E-state index contributed by atoms with van der Waals surface area (Å²) >= 11 is 12.1. The Balaban J connectivity index is 1.48. The summed E-state index contributed by atoms with van der Waals surface area (Å²) in [6, 6.07) is 11.2. The third-order valence-corrected chi connectivity index (χ3v) is 6.73. The lowest BCUT2D eigenvalue weighted by atomic mass is 9.73. The molecule has 0 spiro atoms. The number of carbonyl (C=O) groups excluding carboxylic acids is 2. The van der Waals surface area contributed by atoms with Crippen LogP contribution in [0, 0.1) is 5.82 Å². The van der Waals surface area contributed by atoms with Crippen molar-refractivity contribution in [3.63, 3.8) is 0 Å². The molecule has 2 amide bonds. The number of ether oxygens (including phenoxy) is 1. The van der Waals surface area contributed by atoms with Crippen LogP contribution in [0.3, 0.4) is 0 Å². The molecule has 2 aliphatic heterocycles. The van der Waals surface area contributed by atoms with E-state index in [1.54, 1.807) is 4.90 Å². The third-order valence-electron chi connectivity index (χ3n) is 6.17. The lowest BCUT2D eigenvalue weighted by Gasteiger charge is -2.43. The monoisotopic (exact) mass is 464 g/mol. The fraction of sp³-hybridized carbons (Fsp3) is 0.391. The summed E-state index contributed by atoms with van der Waals surface area (Å²) in [5.41, 5.74) is 0.571. The number of benzene rings is 2. The van der Waals surface area contributed by atoms with Gasteiger partial charge in [0.1, 0.15) is 5.82 Å². The zero-order chi connectivity index (χ0) is 22.0. The molecule has 0 aliphatic carbocycles. The first-order valence-electron chi connectivity index (χ1n) is 10.3. The van der Waals surface area contributed by atoms with Crippen molar-refractivity contribution in [2.75, 3.05) is 39.4 Å². The van der Waals surface area contributed by atoms with Gasteiger partial charge in [0, 0.05) is 44.4 Å². The van der Waals surface area contributed by atoms with Crippen LogP contribution < -0.4 is 0 Å². The van der Waals surface area contributed by atoms with Gasteiger partial charge in [-0.2, -0.15) is 0 Å². The number of halogens is 3. The van der Waals surface area contributed by atoms with Crippen LogP contribution in [-0.4, -0.2) is 61.0 Å². The highest BCUT2D eigenvalue weighted by Crippen LogP contribution is 2.37. The molecular weight excluding hydrogens is 442 g/mol. The summed E-state index contributed by atoms with van der Waals surface area (Å²) in [7, 11) is 0. The molecule has 0 bridgehead atoms. The maximum Gasteiger partial charge on any atom is 0.255 e. The van der Waals surface area contributed by atoms with Gasteiger partial charge in [0.15, 0.2) is 0 Å². The summed E-state index contributed by atoms with van der Waals surface area (Å²) < 4.78 is 18.8. The molecule has 2 aromatic carbocycles. The van der Waals surface area contributed by atoms with Gasteiger partial charge in [0.2, 0.25) is 5.91 Å². The van der Waals surface area contributed by atoms with Gasteiger partial charge < -0.3 is 14.5 Å². The van der Waals surface area contributed by atoms with Crippen LogP contribution in [0.15, 0.2) is 42.5 Å². The maximum absolute atomic E-state index is 13.7. The SMILES string of the molecule is O=C(c1ccc(F)cc1Cl)N1CCN(C(=O)C2(c3ccc(Cl)cc3)CCOCC2)CC1. The average Bonchev–Trinajstić information content (AvgIpc) is 2.79. The Morgan fingerprint density at radius 1 is 0.903 bits per heavy atom. The minimum Gasteiger partial charge on any atom is -0.381 e. The summed E-state index contributed by atoms with van der Waals surface area (Å²) in [6.45, 7) is 2.70. The second kappa shape index (κ2) is 9.15. The normalized spacial score (nSPS) is 18.7. The Kier molecular flexibility index (Phi) is 6.51. The van der Waals surface area contributed by atoms with Gasteiger partial charge in [0.25, 0.3) is 5.91 Å². The van der Waals surface area contributed by atoms with Gasteiger partial charge in [-0.3, -0.25) is 9.59 Å². The highest BCUT2D eigenvalue weighted by Gasteiger charge is 2.44. The molecule has 31 heavy (non-hydrogen) atoms. The van der Waals surface area contributed by atoms with Crippen LogP contribution in [0.2, 0.25) is 10.0 Å². The van der Waals surface area contributed by atoms with E-state index >= 15 is 0 Å². The molecule has 4 rings (SSSR count). The van der Waals surface area contributed by atoms with E-state index in [9.17, 15) is 14.0 Å². The Hall–Kier alpha value is -2.15. The van der Waals surface area contributed by atoms with Crippen molar-refractivity contribution in [3.05, 3.63) is 69.5 Å². The third kappa shape index (κ3) is 4.43. The number of carbonyl (C=O) groups is 2. The van der Waals surface area contributed by atoms with E-state index in [4.69, 9.17) is 27.9 Å². The predicted octanol–water partition coefficient (Wildman–Crippen LogP) is 4.17. The molecule has 0 N–H and O–H groups in total. The second-order valence-electron chi connectivity index (χ2n) is 7.91. The second-order valence-corrected chi connectivity index (χ2v) is 8.75. The average molecular weight is 465 g/mol. The van der Waals surface area contributed by atoms with Crippen LogP contribution in [0.1, 0.15) is 28.8 Å². The van der Waals surface area contributed by atoms with Gasteiger partial charge in [-0.25, -0.2) is 4.39 Å². The molecule has 0 aromatic heterocycles. The molecule has 0 saturated carbocycles. The first kappa shape index (κ1) is 22.1. The Morgan fingerprint density at radius 3 is 2.13 bits per heavy atom. The molecule has 0 atom stereocenters. The standard InChI is InChI=1S/C23H23Cl2FN2O3/c24-17-3-1-16(2-4-17)23(7-13-31-14-8-23)22(30)28-11-9-27(10-12-28)21(29)19-6-5-18(26)15-20(19)25/h1-6,15H,7-14H2. The van der Waals surface area contributed by atoms with Gasteiger partial charge in [-0.05, 0) is 48.7 Å². The molecule has 0 unspecified atom stereocenters. The number of hydrogen-bond donors (Lipinski definition) is 0. The first-order chi connectivity index (χ1) is 14.9. The molecule has 8 heteroatoms. The molecule has 2 heterocycles. The number of nitrogens with zero attached hydrogens (tertiary/aromatic N) is 2. The van der Waals surface area contributed by atoms with Crippen molar-refractivity contribution in [1.29, 1.82) is 0 Å². The summed E-state index contributed by atoms with van der Waals surface area (Å²) in [4.78, 5) is 30.0. The minimum absolute atomic E-state index is 0.0602. The molecule has 2 aromatic rings. The molecule has 0 radical (unpaired) electrons. The molecule has 2 aliphatic rings. The maximum atomic E-state index is 13.7. The molecule has 5 nitrogen and oxygen atoms in total. The van der Waals surface area contributed by atoms with Gasteiger partial charge >= 0.3 is 0 Å². The van der Waals surface area contributed by atoms with Crippen LogP contribution >= 0.6 is 23.2 Å². The Bertz CT molecular complexity index is 969. The predicted molar refractivity (Wildman–Crippen MR) is 117 cm³/mol. The number of rotatable bonds is 3. The fourth-order valence-electron chi connectivity index (χ4n) is 4.36. The van der Waals surface area contributed by atoms with Crippen molar-refractivity contribution in [2.45, 2.75) is 18.3 Å². The van der Waals surface area contributed by atoms with Crippen LogP contribution in [-0.2, 0) is 14.9 Å². The molecular formula is C23H23Cl2FN2O3. The van der Waals surface area contributed by atoms with E-state index in [0.29, 0.717) is 57.3 Å². The zero-order valence-corrected chi connectivity index (χ0v) is 18.5. The smallest absolute Gasteiger partial charge is 0.255 e. The van der Waals surface area contributed by atoms with Gasteiger partial charge in [-0.1, -0.05) is 35.3 Å². The summed E-state index contributed by atoms with van der Waals surface area (Å²) in [6.07, 6.45) is 1.22. The largest absolute Gasteiger partial charge is 0.381 e. The van der Waals surface area contributed by atoms with Crippen molar-refractivity contribution < 1.29 is 18.7 Å². The molecule has 2 saturated heterocycles. The van der Waals surface area contributed by atoms with E-state index < -0.39 is 11.2 Å². The van der Waals surface area contributed by atoms with Crippen LogP contribution in [0.25, 0.3) is 0 Å². The van der Waals surface area contributed by atoms with E-state index in [1.165, 1.54) is 12.1 Å². The van der Waals surface area contributed by atoms with E-state index in [-0.39, 0.29) is 22.4 Å². The lowest BCUT2D eigenvalue weighted by molar-refractivity contribution is -0.142. The van der Waals surface area contributed by atoms with Crippen molar-refractivity contribution in [1.82, 2.24) is 9.80 Å². The minimum atomic E-state index is -0.644. The molecule has 2 fully saturated rings. The topological polar surface area (TPSA) is 49.9 Å². The summed E-state index contributed by atoms with van der Waals surface area (Å²) in [5, 5.41) is 0.720. The van der Waals surface area contributed by atoms with E-state index in [0.717, 1.165) is 11.6 Å². The van der Waals surface area contributed by atoms with Crippen molar-refractivity contribution >= 4 is 35.0 Å². The van der Waals surface area contributed by atoms with E-state index in [2.05, 4.69) is 0 Å². The fourth-order valence-corrected chi connectivity index (χ4v) is 4.74. The zero-order valence-electron chi connectivity index (χ0n) is 17.0. The number of amides is 2. The number of piperazine rings is 1. The first-order valence-corrected chi connectivity index (χ1v) is 11.0. The molecule has 164 valence electrons. The van der Waals surface area contributed by atoms with Crippen molar-refractivity contribution in [2.24, 2.45) is 0 Å². The highest BCUT2D eigenvalue weighted by molar-refractivity contribution is 6.33. The van der Waals surface area contributed by atoms with Crippen molar-refractivity contribution in [3.8, 4) is 0 Å². The lowest BCUT2D eigenvalue weighted by Crippen LogP contribution is -2.56. The van der Waals surface area contributed by atoms with Gasteiger partial charge in [0.05, 0.1) is 16.0 Å². The van der Waals surface area contributed by atoms with Gasteiger partial charge in [-0.15, -0.1) is 0 Å². The Labute approximate surface area is 190 Å². The Morgan fingerprint density at radius 2 is 1.52 bits per heavy atom. The quantitative estimate of drug-likeness (QED) is 0.684. The van der Waals surface area contributed by atoms with Crippen LogP contribution in [0.4, 0.5) is 4.39 Å². The van der Waals surface area contributed by atoms with E-state index in [1.807, 2.05) is 29.2 Å². The highest BCUT2D eigenvalue weighted by atomic mass is 35.5. The summed E-state index contributed by atoms with van der Waals surface area (Å²) in [5.74, 6) is -0.679.